The van der Waals surface area contributed by atoms with E-state index in [-0.39, 0.29) is 12.5 Å². The number of hydrogen-bond donors (Lipinski definition) is 1. The molecule has 1 atom stereocenters. The summed E-state index contributed by atoms with van der Waals surface area (Å²) in [6.45, 7) is 2.57. The molecule has 0 bridgehead atoms. The normalized spacial score (nSPS) is 20.6. The predicted molar refractivity (Wildman–Crippen MR) is 54.2 cm³/mol. The third-order valence-corrected chi connectivity index (χ3v) is 2.80. The topological polar surface area (TPSA) is 46.5 Å². The van der Waals surface area contributed by atoms with Gasteiger partial charge in [0.25, 0.3) is 0 Å². The standard InChI is InChI=1S/C11H20O3/c1-9(7-11(12)13)14-8-10-5-3-2-4-6-10/h9-10H,2-8H2,1H3,(H,12,13). The minimum absolute atomic E-state index is 0.118. The number of ether oxygens (including phenoxy) is 1. The van der Waals surface area contributed by atoms with E-state index in [2.05, 4.69) is 0 Å². The van der Waals surface area contributed by atoms with Crippen LogP contribution in [0.1, 0.15) is 45.4 Å². The van der Waals surface area contributed by atoms with Gasteiger partial charge < -0.3 is 9.84 Å². The van der Waals surface area contributed by atoms with Gasteiger partial charge in [-0.15, -0.1) is 0 Å². The Morgan fingerprint density at radius 3 is 2.64 bits per heavy atom. The molecule has 1 N–H and O–H groups in total. The van der Waals surface area contributed by atoms with Crippen LogP contribution in [0.15, 0.2) is 0 Å². The Labute approximate surface area is 85.5 Å². The van der Waals surface area contributed by atoms with Gasteiger partial charge in [-0.1, -0.05) is 19.3 Å². The zero-order chi connectivity index (χ0) is 10.4. The molecule has 0 aromatic heterocycles. The third kappa shape index (κ3) is 4.61. The molecule has 0 aliphatic heterocycles. The average molecular weight is 200 g/mol. The highest BCUT2D eigenvalue weighted by molar-refractivity contribution is 5.67. The van der Waals surface area contributed by atoms with Crippen LogP contribution in [0.5, 0.6) is 0 Å². The first-order valence-corrected chi connectivity index (χ1v) is 5.52. The van der Waals surface area contributed by atoms with Crippen LogP contribution in [0.3, 0.4) is 0 Å². The molecule has 0 aromatic rings. The second kappa shape index (κ2) is 6.02. The second-order valence-electron chi connectivity index (χ2n) is 4.25. The molecular weight excluding hydrogens is 180 g/mol. The molecule has 1 unspecified atom stereocenters. The van der Waals surface area contributed by atoms with Gasteiger partial charge in [0.15, 0.2) is 0 Å². The highest BCUT2D eigenvalue weighted by Crippen LogP contribution is 2.24. The molecular formula is C11H20O3. The lowest BCUT2D eigenvalue weighted by Gasteiger charge is -2.22. The first kappa shape index (κ1) is 11.5. The van der Waals surface area contributed by atoms with Crippen molar-refractivity contribution in [1.29, 1.82) is 0 Å². The van der Waals surface area contributed by atoms with Crippen LogP contribution in [-0.4, -0.2) is 23.8 Å². The Morgan fingerprint density at radius 1 is 1.43 bits per heavy atom. The fourth-order valence-electron chi connectivity index (χ4n) is 1.96. The van der Waals surface area contributed by atoms with Gasteiger partial charge in [0.1, 0.15) is 0 Å². The number of carboxylic acid groups (broad SMARTS) is 1. The van der Waals surface area contributed by atoms with E-state index in [1.54, 1.807) is 0 Å². The molecule has 0 heterocycles. The minimum atomic E-state index is -0.777. The van der Waals surface area contributed by atoms with Crippen molar-refractivity contribution in [2.45, 2.75) is 51.6 Å². The molecule has 1 aliphatic carbocycles. The van der Waals surface area contributed by atoms with Crippen molar-refractivity contribution in [1.82, 2.24) is 0 Å². The quantitative estimate of drug-likeness (QED) is 0.741. The fraction of sp³-hybridized carbons (Fsp3) is 0.909. The van der Waals surface area contributed by atoms with E-state index >= 15 is 0 Å². The van der Waals surface area contributed by atoms with Gasteiger partial charge in [0.2, 0.25) is 0 Å². The summed E-state index contributed by atoms with van der Waals surface area (Å²) in [5, 5.41) is 8.54. The van der Waals surface area contributed by atoms with Crippen LogP contribution in [0.25, 0.3) is 0 Å². The van der Waals surface area contributed by atoms with E-state index < -0.39 is 5.97 Å². The molecule has 0 spiro atoms. The molecule has 1 rings (SSSR count). The Kier molecular flexibility index (Phi) is 4.94. The first-order valence-electron chi connectivity index (χ1n) is 5.52. The number of rotatable bonds is 5. The zero-order valence-electron chi connectivity index (χ0n) is 8.87. The molecule has 0 saturated heterocycles. The van der Waals surface area contributed by atoms with E-state index in [0.29, 0.717) is 5.92 Å². The van der Waals surface area contributed by atoms with E-state index in [4.69, 9.17) is 9.84 Å². The monoisotopic (exact) mass is 200 g/mol. The Balaban J connectivity index is 2.09. The van der Waals surface area contributed by atoms with Crippen LogP contribution in [0.2, 0.25) is 0 Å². The number of carbonyl (C=O) groups is 1. The molecule has 1 fully saturated rings. The maximum atomic E-state index is 10.4. The molecule has 14 heavy (non-hydrogen) atoms. The van der Waals surface area contributed by atoms with Crippen LogP contribution >= 0.6 is 0 Å². The largest absolute Gasteiger partial charge is 0.481 e. The Hall–Kier alpha value is -0.570. The van der Waals surface area contributed by atoms with E-state index in [1.807, 2.05) is 6.92 Å². The molecule has 1 aliphatic rings. The van der Waals surface area contributed by atoms with E-state index in [9.17, 15) is 4.79 Å². The maximum absolute atomic E-state index is 10.4. The molecule has 82 valence electrons. The lowest BCUT2D eigenvalue weighted by Crippen LogP contribution is -2.20. The summed E-state index contributed by atoms with van der Waals surface area (Å²) in [5.74, 6) is -0.110. The molecule has 3 nitrogen and oxygen atoms in total. The highest BCUT2D eigenvalue weighted by Gasteiger charge is 2.15. The summed E-state index contributed by atoms with van der Waals surface area (Å²) in [6.07, 6.45) is 6.44. The lowest BCUT2D eigenvalue weighted by molar-refractivity contribution is -0.140. The Morgan fingerprint density at radius 2 is 2.07 bits per heavy atom. The number of aliphatic carboxylic acids is 1. The van der Waals surface area contributed by atoms with Gasteiger partial charge in [0.05, 0.1) is 12.5 Å². The van der Waals surface area contributed by atoms with Gasteiger partial charge in [-0.2, -0.15) is 0 Å². The molecule has 0 radical (unpaired) electrons. The number of carboxylic acids is 1. The second-order valence-corrected chi connectivity index (χ2v) is 4.25. The predicted octanol–water partition coefficient (Wildman–Crippen LogP) is 2.45. The SMILES string of the molecule is CC(CC(=O)O)OCC1CCCCC1. The van der Waals surface area contributed by atoms with Crippen molar-refractivity contribution >= 4 is 5.97 Å². The van der Waals surface area contributed by atoms with Crippen molar-refractivity contribution in [3.8, 4) is 0 Å². The summed E-state index contributed by atoms with van der Waals surface area (Å²) in [5.41, 5.74) is 0. The average Bonchev–Trinajstić information content (AvgIpc) is 2.15. The van der Waals surface area contributed by atoms with E-state index in [1.165, 1.54) is 32.1 Å². The van der Waals surface area contributed by atoms with Crippen molar-refractivity contribution in [3.05, 3.63) is 0 Å². The highest BCUT2D eigenvalue weighted by atomic mass is 16.5. The molecule has 1 saturated carbocycles. The maximum Gasteiger partial charge on any atom is 0.305 e. The smallest absolute Gasteiger partial charge is 0.305 e. The van der Waals surface area contributed by atoms with Crippen molar-refractivity contribution < 1.29 is 14.6 Å². The minimum Gasteiger partial charge on any atom is -0.481 e. The molecule has 3 heteroatoms. The van der Waals surface area contributed by atoms with Gasteiger partial charge in [0, 0.05) is 6.61 Å². The first-order chi connectivity index (χ1) is 6.68. The van der Waals surface area contributed by atoms with Crippen LogP contribution in [0.4, 0.5) is 0 Å². The summed E-state index contributed by atoms with van der Waals surface area (Å²) < 4.78 is 5.51. The van der Waals surface area contributed by atoms with Gasteiger partial charge in [-0.05, 0) is 25.7 Å². The zero-order valence-corrected chi connectivity index (χ0v) is 8.87. The van der Waals surface area contributed by atoms with Gasteiger partial charge in [-0.3, -0.25) is 4.79 Å². The van der Waals surface area contributed by atoms with E-state index in [0.717, 1.165) is 6.61 Å². The van der Waals surface area contributed by atoms with Crippen LogP contribution in [0, 0.1) is 5.92 Å². The third-order valence-electron chi connectivity index (χ3n) is 2.80. The molecule has 0 amide bonds. The lowest BCUT2D eigenvalue weighted by atomic mass is 9.90. The summed E-state index contributed by atoms with van der Waals surface area (Å²) >= 11 is 0. The Bertz CT molecular complexity index is 173. The van der Waals surface area contributed by atoms with Crippen LogP contribution < -0.4 is 0 Å². The summed E-state index contributed by atoms with van der Waals surface area (Å²) in [6, 6.07) is 0. The fourth-order valence-corrected chi connectivity index (χ4v) is 1.96. The van der Waals surface area contributed by atoms with Gasteiger partial charge in [-0.25, -0.2) is 0 Å². The molecule has 0 aromatic carbocycles. The number of hydrogen-bond acceptors (Lipinski definition) is 2. The van der Waals surface area contributed by atoms with Gasteiger partial charge >= 0.3 is 5.97 Å². The summed E-state index contributed by atoms with van der Waals surface area (Å²) in [7, 11) is 0. The van der Waals surface area contributed by atoms with Crippen molar-refractivity contribution in [2.75, 3.05) is 6.61 Å². The van der Waals surface area contributed by atoms with Crippen LogP contribution in [-0.2, 0) is 9.53 Å². The van der Waals surface area contributed by atoms with Crippen molar-refractivity contribution in [2.24, 2.45) is 5.92 Å². The summed E-state index contributed by atoms with van der Waals surface area (Å²) in [4.78, 5) is 10.4. The van der Waals surface area contributed by atoms with Crippen molar-refractivity contribution in [3.63, 3.8) is 0 Å².